The average molecular weight is 298 g/mol. The van der Waals surface area contributed by atoms with Crippen LogP contribution in [-0.2, 0) is 9.59 Å². The van der Waals surface area contributed by atoms with Crippen LogP contribution in [0.3, 0.4) is 0 Å². The zero-order chi connectivity index (χ0) is 16.1. The minimum absolute atomic E-state index is 0.242. The van der Waals surface area contributed by atoms with E-state index in [2.05, 4.69) is 0 Å². The Hall–Kier alpha value is -2.95. The fourth-order valence-electron chi connectivity index (χ4n) is 1.82. The van der Waals surface area contributed by atoms with Gasteiger partial charge in [-0.3, -0.25) is 9.59 Å². The molecule has 0 amide bonds. The number of Topliss-reactive ketones (excluding diaryl/α,β-unsaturated/α-hetero) is 2. The molecule has 0 atom stereocenters. The van der Waals surface area contributed by atoms with Gasteiger partial charge in [-0.1, -0.05) is 30.3 Å². The normalized spacial score (nSPS) is 10.0. The molecule has 22 heavy (non-hydrogen) atoms. The highest BCUT2D eigenvalue weighted by Gasteiger charge is 2.18. The number of carbonyl (C=O) groups excluding carboxylic acids is 2. The van der Waals surface area contributed by atoms with Gasteiger partial charge in [0, 0.05) is 5.56 Å². The zero-order valence-electron chi connectivity index (χ0n) is 11.9. The van der Waals surface area contributed by atoms with Gasteiger partial charge in [0.05, 0.1) is 6.42 Å². The summed E-state index contributed by atoms with van der Waals surface area (Å²) in [5, 5.41) is 8.54. The number of carboxylic acid groups (broad SMARTS) is 1. The van der Waals surface area contributed by atoms with Gasteiger partial charge >= 0.3 is 5.97 Å². The molecule has 0 unspecified atom stereocenters. The topological polar surface area (TPSA) is 80.7 Å². The number of carboxylic acids is 1. The summed E-state index contributed by atoms with van der Waals surface area (Å²) in [7, 11) is 0. The summed E-state index contributed by atoms with van der Waals surface area (Å²) in [4.78, 5) is 33.6. The smallest absolute Gasteiger partial charge is 0.372 e. The Balaban J connectivity index is 2.21. The van der Waals surface area contributed by atoms with E-state index in [4.69, 9.17) is 9.84 Å². The van der Waals surface area contributed by atoms with E-state index >= 15 is 0 Å². The van der Waals surface area contributed by atoms with Crippen molar-refractivity contribution in [1.82, 2.24) is 0 Å². The van der Waals surface area contributed by atoms with Crippen LogP contribution in [-0.4, -0.2) is 22.6 Å². The molecule has 1 N–H and O–H groups in total. The highest BCUT2D eigenvalue weighted by atomic mass is 16.5. The van der Waals surface area contributed by atoms with Crippen molar-refractivity contribution in [2.45, 2.75) is 13.3 Å². The first-order valence-corrected chi connectivity index (χ1v) is 6.60. The van der Waals surface area contributed by atoms with E-state index in [1.54, 1.807) is 24.3 Å². The van der Waals surface area contributed by atoms with Crippen molar-refractivity contribution in [3.05, 3.63) is 59.7 Å². The second-order valence-electron chi connectivity index (χ2n) is 4.72. The van der Waals surface area contributed by atoms with Crippen molar-refractivity contribution in [2.24, 2.45) is 0 Å². The molecule has 0 saturated heterocycles. The third-order valence-corrected chi connectivity index (χ3v) is 3.04. The summed E-state index contributed by atoms with van der Waals surface area (Å²) in [5.41, 5.74) is 1.07. The Morgan fingerprint density at radius 3 is 2.36 bits per heavy atom. The molecule has 2 aromatic carbocycles. The number of aliphatic carboxylic acids is 1. The van der Waals surface area contributed by atoms with E-state index in [1.165, 1.54) is 6.07 Å². The van der Waals surface area contributed by atoms with Crippen LogP contribution in [0.15, 0.2) is 48.5 Å². The molecule has 0 saturated carbocycles. The van der Waals surface area contributed by atoms with Gasteiger partial charge in [-0.25, -0.2) is 4.79 Å². The monoisotopic (exact) mass is 298 g/mol. The summed E-state index contributed by atoms with van der Waals surface area (Å²) in [6, 6.07) is 13.8. The standard InChI is InChI=1S/C17H14O5/c1-11-7-8-12(14(18)10-15(19)17(20)21)9-16(11)22-13-5-3-2-4-6-13/h2-9H,10H2,1H3,(H,20,21). The molecule has 0 bridgehead atoms. The van der Waals surface area contributed by atoms with E-state index in [-0.39, 0.29) is 5.56 Å². The number of ether oxygens (including phenoxy) is 1. The molecular weight excluding hydrogens is 284 g/mol. The van der Waals surface area contributed by atoms with Crippen molar-refractivity contribution in [2.75, 3.05) is 0 Å². The van der Waals surface area contributed by atoms with Gasteiger partial charge in [0.1, 0.15) is 11.5 Å². The lowest BCUT2D eigenvalue weighted by Gasteiger charge is -2.10. The Morgan fingerprint density at radius 1 is 1.05 bits per heavy atom. The quantitative estimate of drug-likeness (QED) is 0.503. The van der Waals surface area contributed by atoms with Gasteiger partial charge in [-0.05, 0) is 30.7 Å². The maximum absolute atomic E-state index is 11.9. The second kappa shape index (κ2) is 6.67. The summed E-state index contributed by atoms with van der Waals surface area (Å²) in [5.74, 6) is -2.18. The molecule has 112 valence electrons. The Kier molecular flexibility index (Phi) is 4.68. The van der Waals surface area contributed by atoms with Crippen LogP contribution in [0.2, 0.25) is 0 Å². The van der Waals surface area contributed by atoms with E-state index in [9.17, 15) is 14.4 Å². The number of benzene rings is 2. The molecule has 0 aliphatic carbocycles. The number of rotatable bonds is 6. The van der Waals surface area contributed by atoms with E-state index in [1.807, 2.05) is 25.1 Å². The molecule has 5 heteroatoms. The van der Waals surface area contributed by atoms with Crippen LogP contribution >= 0.6 is 0 Å². The Bertz CT molecular complexity index is 719. The number of aryl methyl sites for hydroxylation is 1. The largest absolute Gasteiger partial charge is 0.475 e. The fourth-order valence-corrected chi connectivity index (χ4v) is 1.82. The molecule has 0 aromatic heterocycles. The van der Waals surface area contributed by atoms with Gasteiger partial charge in [-0.2, -0.15) is 0 Å². The number of carbonyl (C=O) groups is 3. The van der Waals surface area contributed by atoms with E-state index < -0.39 is 24.0 Å². The van der Waals surface area contributed by atoms with Crippen molar-refractivity contribution in [3.63, 3.8) is 0 Å². The van der Waals surface area contributed by atoms with Crippen molar-refractivity contribution in [3.8, 4) is 11.5 Å². The fraction of sp³-hybridized carbons (Fsp3) is 0.118. The third-order valence-electron chi connectivity index (χ3n) is 3.04. The molecule has 0 heterocycles. The van der Waals surface area contributed by atoms with Crippen LogP contribution in [0.5, 0.6) is 11.5 Å². The maximum Gasteiger partial charge on any atom is 0.372 e. The van der Waals surface area contributed by atoms with Crippen molar-refractivity contribution < 1.29 is 24.2 Å². The predicted molar refractivity (Wildman–Crippen MR) is 79.3 cm³/mol. The molecule has 0 spiro atoms. The van der Waals surface area contributed by atoms with Crippen molar-refractivity contribution in [1.29, 1.82) is 0 Å². The lowest BCUT2D eigenvalue weighted by Crippen LogP contribution is -2.17. The first-order valence-electron chi connectivity index (χ1n) is 6.60. The van der Waals surface area contributed by atoms with Crippen LogP contribution in [0, 0.1) is 6.92 Å². The predicted octanol–water partition coefficient (Wildman–Crippen LogP) is 3.01. The van der Waals surface area contributed by atoms with Gasteiger partial charge in [0.15, 0.2) is 5.78 Å². The first kappa shape index (κ1) is 15.4. The van der Waals surface area contributed by atoms with E-state index in [0.29, 0.717) is 11.5 Å². The SMILES string of the molecule is Cc1ccc(C(=O)CC(=O)C(=O)O)cc1Oc1ccccc1. The van der Waals surface area contributed by atoms with E-state index in [0.717, 1.165) is 5.56 Å². The number of hydrogen-bond acceptors (Lipinski definition) is 4. The first-order chi connectivity index (χ1) is 10.5. The highest BCUT2D eigenvalue weighted by molar-refractivity contribution is 6.37. The van der Waals surface area contributed by atoms with Crippen LogP contribution < -0.4 is 4.74 Å². The Labute approximate surface area is 127 Å². The summed E-state index contributed by atoms with van der Waals surface area (Å²) < 4.78 is 5.70. The lowest BCUT2D eigenvalue weighted by atomic mass is 10.0. The van der Waals surface area contributed by atoms with Gasteiger partial charge in [-0.15, -0.1) is 0 Å². The average Bonchev–Trinajstić information content (AvgIpc) is 2.50. The molecular formula is C17H14O5. The second-order valence-corrected chi connectivity index (χ2v) is 4.72. The van der Waals surface area contributed by atoms with Crippen molar-refractivity contribution >= 4 is 17.5 Å². The molecule has 2 rings (SSSR count). The Morgan fingerprint density at radius 2 is 1.73 bits per heavy atom. The molecule has 0 aliphatic heterocycles. The third kappa shape index (κ3) is 3.79. The minimum atomic E-state index is -1.61. The summed E-state index contributed by atoms with van der Waals surface area (Å²) in [6.45, 7) is 1.83. The molecule has 2 aromatic rings. The molecule has 5 nitrogen and oxygen atoms in total. The molecule has 0 radical (unpaired) electrons. The van der Waals surface area contributed by atoms with Gasteiger partial charge in [0.2, 0.25) is 5.78 Å². The lowest BCUT2D eigenvalue weighted by molar-refractivity contribution is -0.148. The van der Waals surface area contributed by atoms with Crippen LogP contribution in [0.1, 0.15) is 22.3 Å². The number of ketones is 2. The zero-order valence-corrected chi connectivity index (χ0v) is 11.9. The molecule has 0 aliphatic rings. The van der Waals surface area contributed by atoms with Gasteiger partial charge in [0.25, 0.3) is 0 Å². The summed E-state index contributed by atoms with van der Waals surface area (Å²) in [6.07, 6.45) is -0.664. The number of para-hydroxylation sites is 1. The van der Waals surface area contributed by atoms with Crippen LogP contribution in [0.25, 0.3) is 0 Å². The maximum atomic E-state index is 11.9. The van der Waals surface area contributed by atoms with Crippen LogP contribution in [0.4, 0.5) is 0 Å². The molecule has 0 fully saturated rings. The number of hydrogen-bond donors (Lipinski definition) is 1. The van der Waals surface area contributed by atoms with Gasteiger partial charge < -0.3 is 9.84 Å². The highest BCUT2D eigenvalue weighted by Crippen LogP contribution is 2.26. The summed E-state index contributed by atoms with van der Waals surface area (Å²) >= 11 is 0. The minimum Gasteiger partial charge on any atom is -0.475 e.